The summed E-state index contributed by atoms with van der Waals surface area (Å²) in [6.45, 7) is 6.35. The van der Waals surface area contributed by atoms with Gasteiger partial charge in [0.25, 0.3) is 0 Å². The summed E-state index contributed by atoms with van der Waals surface area (Å²) in [6, 6.07) is 0. The minimum absolute atomic E-state index is 0.169. The predicted molar refractivity (Wildman–Crippen MR) is 69.2 cm³/mol. The van der Waals surface area contributed by atoms with Crippen molar-refractivity contribution in [2.24, 2.45) is 0 Å². The minimum atomic E-state index is -1.15. The Bertz CT molecular complexity index is 309. The molecule has 0 aromatic carbocycles. The summed E-state index contributed by atoms with van der Waals surface area (Å²) in [6.07, 6.45) is 4.33. The molecule has 1 unspecified atom stereocenters. The van der Waals surface area contributed by atoms with Gasteiger partial charge in [-0.15, -0.1) is 0 Å². The van der Waals surface area contributed by atoms with Crippen molar-refractivity contribution < 1.29 is 19.1 Å². The molecule has 0 rings (SSSR count). The van der Waals surface area contributed by atoms with Gasteiger partial charge in [-0.3, -0.25) is 14.4 Å². The van der Waals surface area contributed by atoms with Crippen molar-refractivity contribution in [3.8, 4) is 0 Å². The Morgan fingerprint density at radius 3 is 2.11 bits per heavy atom. The van der Waals surface area contributed by atoms with Crippen molar-refractivity contribution in [1.29, 1.82) is 0 Å². The van der Waals surface area contributed by atoms with E-state index in [2.05, 4.69) is 6.92 Å². The standard InChI is InChI=1S/C14H24O4/c1-5-6-7-8-9-14(4,18-12(3)16)13(17)10-11(2)15/h5-10H2,1-4H3. The number of carbonyl (C=O) groups excluding carboxylic acids is 3. The molecular formula is C14H24O4. The Balaban J connectivity index is 4.55. The highest BCUT2D eigenvalue weighted by molar-refractivity contribution is 6.02. The zero-order valence-electron chi connectivity index (χ0n) is 11.9. The van der Waals surface area contributed by atoms with Crippen molar-refractivity contribution in [3.05, 3.63) is 0 Å². The number of Topliss-reactive ketones (excluding diaryl/α,β-unsaturated/α-hetero) is 2. The van der Waals surface area contributed by atoms with Crippen molar-refractivity contribution in [2.75, 3.05) is 0 Å². The number of hydrogen-bond acceptors (Lipinski definition) is 4. The molecule has 104 valence electrons. The topological polar surface area (TPSA) is 60.4 Å². The summed E-state index contributed by atoms with van der Waals surface area (Å²) in [5.41, 5.74) is -1.15. The lowest BCUT2D eigenvalue weighted by Gasteiger charge is -2.27. The van der Waals surface area contributed by atoms with E-state index in [-0.39, 0.29) is 18.0 Å². The van der Waals surface area contributed by atoms with Gasteiger partial charge in [-0.05, 0) is 26.7 Å². The van der Waals surface area contributed by atoms with E-state index in [0.717, 1.165) is 25.7 Å². The molecule has 0 bridgehead atoms. The van der Waals surface area contributed by atoms with Gasteiger partial charge < -0.3 is 4.74 Å². The van der Waals surface area contributed by atoms with E-state index < -0.39 is 11.6 Å². The SMILES string of the molecule is CCCCCCC(C)(OC(C)=O)C(=O)CC(C)=O. The lowest BCUT2D eigenvalue weighted by molar-refractivity contribution is -0.165. The number of carbonyl (C=O) groups is 3. The van der Waals surface area contributed by atoms with Crippen LogP contribution in [0.1, 0.15) is 66.2 Å². The van der Waals surface area contributed by atoms with Crippen molar-refractivity contribution in [2.45, 2.75) is 71.8 Å². The van der Waals surface area contributed by atoms with Crippen LogP contribution in [0.5, 0.6) is 0 Å². The third kappa shape index (κ3) is 6.52. The summed E-state index contributed by atoms with van der Waals surface area (Å²) >= 11 is 0. The quantitative estimate of drug-likeness (QED) is 0.361. The van der Waals surface area contributed by atoms with Gasteiger partial charge >= 0.3 is 5.97 Å². The normalized spacial score (nSPS) is 13.8. The molecule has 0 aliphatic rings. The first-order chi connectivity index (χ1) is 8.31. The number of hydrogen-bond donors (Lipinski definition) is 0. The monoisotopic (exact) mass is 256 g/mol. The Kier molecular flexibility index (Phi) is 7.48. The third-order valence-electron chi connectivity index (χ3n) is 2.88. The summed E-state index contributed by atoms with van der Waals surface area (Å²) in [5.74, 6) is -0.987. The first-order valence-corrected chi connectivity index (χ1v) is 6.54. The van der Waals surface area contributed by atoms with Crippen LogP contribution in [0.2, 0.25) is 0 Å². The molecule has 0 amide bonds. The molecule has 0 aliphatic heterocycles. The van der Waals surface area contributed by atoms with Gasteiger partial charge in [-0.25, -0.2) is 0 Å². The van der Waals surface area contributed by atoms with Crippen LogP contribution in [0.15, 0.2) is 0 Å². The van der Waals surface area contributed by atoms with Crippen molar-refractivity contribution in [1.82, 2.24) is 0 Å². The summed E-state index contributed by atoms with van der Waals surface area (Å²) in [7, 11) is 0. The fraction of sp³-hybridized carbons (Fsp3) is 0.786. The molecule has 1 atom stereocenters. The fourth-order valence-corrected chi connectivity index (χ4v) is 1.87. The number of unbranched alkanes of at least 4 members (excludes halogenated alkanes) is 3. The molecule has 18 heavy (non-hydrogen) atoms. The number of ketones is 2. The van der Waals surface area contributed by atoms with Gasteiger partial charge in [-0.1, -0.05) is 26.2 Å². The zero-order chi connectivity index (χ0) is 14.2. The molecule has 0 N–H and O–H groups in total. The molecule has 0 radical (unpaired) electrons. The minimum Gasteiger partial charge on any atom is -0.452 e. The highest BCUT2D eigenvalue weighted by atomic mass is 16.6. The zero-order valence-corrected chi connectivity index (χ0v) is 11.9. The summed E-state index contributed by atoms with van der Waals surface area (Å²) < 4.78 is 5.14. The molecule has 0 saturated heterocycles. The van der Waals surface area contributed by atoms with Crippen LogP contribution in [0.4, 0.5) is 0 Å². The van der Waals surface area contributed by atoms with Gasteiger partial charge in [0.15, 0.2) is 11.4 Å². The highest BCUT2D eigenvalue weighted by Gasteiger charge is 2.35. The largest absolute Gasteiger partial charge is 0.452 e. The van der Waals surface area contributed by atoms with E-state index in [1.54, 1.807) is 6.92 Å². The van der Waals surface area contributed by atoms with Gasteiger partial charge in [0, 0.05) is 6.92 Å². The first kappa shape index (κ1) is 16.8. The lowest BCUT2D eigenvalue weighted by Crippen LogP contribution is -2.40. The molecule has 0 aromatic rings. The van der Waals surface area contributed by atoms with Crippen LogP contribution < -0.4 is 0 Å². The molecule has 4 nitrogen and oxygen atoms in total. The second-order valence-corrected chi connectivity index (χ2v) is 4.94. The van der Waals surface area contributed by atoms with Crippen LogP contribution in [0.3, 0.4) is 0 Å². The van der Waals surface area contributed by atoms with Gasteiger partial charge in [-0.2, -0.15) is 0 Å². The summed E-state index contributed by atoms with van der Waals surface area (Å²) in [5, 5.41) is 0. The maximum Gasteiger partial charge on any atom is 0.303 e. The molecule has 4 heteroatoms. The Labute approximate surface area is 109 Å². The molecule has 0 spiro atoms. The van der Waals surface area contributed by atoms with E-state index >= 15 is 0 Å². The van der Waals surface area contributed by atoms with E-state index in [0.29, 0.717) is 6.42 Å². The second kappa shape index (κ2) is 8.01. The average Bonchev–Trinajstić information content (AvgIpc) is 2.22. The first-order valence-electron chi connectivity index (χ1n) is 6.54. The van der Waals surface area contributed by atoms with Crippen LogP contribution in [-0.4, -0.2) is 23.1 Å². The lowest BCUT2D eigenvalue weighted by atomic mass is 9.90. The molecule has 0 aliphatic carbocycles. The van der Waals surface area contributed by atoms with E-state index in [1.807, 2.05) is 0 Å². The smallest absolute Gasteiger partial charge is 0.303 e. The average molecular weight is 256 g/mol. The molecule has 0 aromatic heterocycles. The fourth-order valence-electron chi connectivity index (χ4n) is 1.87. The molecule has 0 heterocycles. The van der Waals surface area contributed by atoms with Crippen LogP contribution in [0.25, 0.3) is 0 Å². The predicted octanol–water partition coefficient (Wildman–Crippen LogP) is 2.83. The van der Waals surface area contributed by atoms with Crippen molar-refractivity contribution >= 4 is 17.5 Å². The molecule has 0 saturated carbocycles. The van der Waals surface area contributed by atoms with Crippen LogP contribution in [0, 0.1) is 0 Å². The number of esters is 1. The Morgan fingerprint density at radius 1 is 1.06 bits per heavy atom. The maximum atomic E-state index is 12.0. The van der Waals surface area contributed by atoms with Gasteiger partial charge in [0.1, 0.15) is 5.78 Å². The van der Waals surface area contributed by atoms with Gasteiger partial charge in [0.05, 0.1) is 6.42 Å². The van der Waals surface area contributed by atoms with E-state index in [4.69, 9.17) is 4.74 Å². The second-order valence-electron chi connectivity index (χ2n) is 4.94. The summed E-state index contributed by atoms with van der Waals surface area (Å²) in [4.78, 5) is 34.1. The molecular weight excluding hydrogens is 232 g/mol. The van der Waals surface area contributed by atoms with E-state index in [9.17, 15) is 14.4 Å². The van der Waals surface area contributed by atoms with E-state index in [1.165, 1.54) is 13.8 Å². The highest BCUT2D eigenvalue weighted by Crippen LogP contribution is 2.23. The third-order valence-corrected chi connectivity index (χ3v) is 2.88. The van der Waals surface area contributed by atoms with Crippen LogP contribution >= 0.6 is 0 Å². The number of rotatable bonds is 9. The van der Waals surface area contributed by atoms with Crippen molar-refractivity contribution in [3.63, 3.8) is 0 Å². The van der Waals surface area contributed by atoms with Crippen LogP contribution in [-0.2, 0) is 19.1 Å². The Hall–Kier alpha value is -1.19. The number of ether oxygens (including phenoxy) is 1. The Morgan fingerprint density at radius 2 is 1.67 bits per heavy atom. The maximum absolute atomic E-state index is 12.0. The van der Waals surface area contributed by atoms with Gasteiger partial charge in [0.2, 0.25) is 0 Å². The molecule has 0 fully saturated rings.